The van der Waals surface area contributed by atoms with Gasteiger partial charge in [-0.25, -0.2) is 0 Å². The zero-order chi connectivity index (χ0) is 9.69. The van der Waals surface area contributed by atoms with E-state index >= 15 is 0 Å². The molecule has 74 valence electrons. The highest BCUT2D eigenvalue weighted by molar-refractivity contribution is 7.75. The van der Waals surface area contributed by atoms with Gasteiger partial charge in [-0.1, -0.05) is 13.8 Å². The predicted octanol–water partition coefficient (Wildman–Crippen LogP) is 2.24. The number of rotatable bonds is 2. The van der Waals surface area contributed by atoms with Crippen molar-refractivity contribution in [2.45, 2.75) is 33.1 Å². The maximum atomic E-state index is 11.8. The molecule has 2 unspecified atom stereocenters. The van der Waals surface area contributed by atoms with Gasteiger partial charge in [0, 0.05) is 6.42 Å². The Bertz CT molecular complexity index is 249. The van der Waals surface area contributed by atoms with Crippen LogP contribution < -0.4 is 0 Å². The number of Topliss-reactive ketones (excluding diaryl/α,β-unsaturated/α-hetero) is 1. The summed E-state index contributed by atoms with van der Waals surface area (Å²) in [5, 5.41) is 0. The number of ketones is 1. The lowest BCUT2D eigenvalue weighted by atomic mass is 9.69. The summed E-state index contributed by atoms with van der Waals surface area (Å²) in [6.07, 6.45) is 2.92. The van der Waals surface area contributed by atoms with E-state index in [1.54, 1.807) is 0 Å². The van der Waals surface area contributed by atoms with E-state index in [4.69, 9.17) is 4.18 Å². The van der Waals surface area contributed by atoms with Gasteiger partial charge in [0.1, 0.15) is 5.78 Å². The van der Waals surface area contributed by atoms with Gasteiger partial charge in [0.15, 0.2) is 0 Å². The van der Waals surface area contributed by atoms with Crippen molar-refractivity contribution < 1.29 is 8.98 Å². The average molecular weight is 200 g/mol. The molecule has 0 saturated heterocycles. The molecule has 2 bridgehead atoms. The first-order valence-corrected chi connectivity index (χ1v) is 5.21. The predicted molar refractivity (Wildman–Crippen MR) is 53.5 cm³/mol. The molecule has 2 fully saturated rings. The van der Waals surface area contributed by atoms with E-state index in [2.05, 4.69) is 26.8 Å². The lowest BCUT2D eigenvalue weighted by Crippen LogP contribution is -2.39. The molecule has 0 spiro atoms. The fraction of sp³-hybridized carbons (Fsp3) is 0.900. The van der Waals surface area contributed by atoms with E-state index in [9.17, 15) is 4.79 Å². The highest BCUT2D eigenvalue weighted by Crippen LogP contribution is 2.63. The molecule has 0 amide bonds. The summed E-state index contributed by atoms with van der Waals surface area (Å²) in [5.74, 6) is 0.964. The molecule has 0 radical (unpaired) electrons. The van der Waals surface area contributed by atoms with Crippen molar-refractivity contribution in [1.29, 1.82) is 0 Å². The van der Waals surface area contributed by atoms with Crippen molar-refractivity contribution in [3.8, 4) is 0 Å². The van der Waals surface area contributed by atoms with Gasteiger partial charge in [-0.05, 0) is 37.1 Å². The van der Waals surface area contributed by atoms with Crippen LogP contribution in [0.3, 0.4) is 0 Å². The van der Waals surface area contributed by atoms with E-state index in [0.717, 1.165) is 12.8 Å². The molecule has 0 N–H and O–H groups in total. The number of fused-ring (bicyclic) bond motifs is 2. The summed E-state index contributed by atoms with van der Waals surface area (Å²) in [7, 11) is 0. The fourth-order valence-electron chi connectivity index (χ4n) is 3.22. The van der Waals surface area contributed by atoms with Gasteiger partial charge in [-0.3, -0.25) is 4.79 Å². The zero-order valence-corrected chi connectivity index (χ0v) is 9.06. The second-order valence-electron chi connectivity index (χ2n) is 4.94. The van der Waals surface area contributed by atoms with Gasteiger partial charge in [0.2, 0.25) is 0 Å². The summed E-state index contributed by atoms with van der Waals surface area (Å²) in [6, 6.07) is 0. The minimum Gasteiger partial charge on any atom is -0.317 e. The van der Waals surface area contributed by atoms with Crippen LogP contribution in [0.25, 0.3) is 0 Å². The third-order valence-corrected chi connectivity index (χ3v) is 4.58. The van der Waals surface area contributed by atoms with Gasteiger partial charge in [0.05, 0.1) is 12.0 Å². The van der Waals surface area contributed by atoms with E-state index in [-0.39, 0.29) is 10.8 Å². The summed E-state index contributed by atoms with van der Waals surface area (Å²) in [4.78, 5) is 11.8. The molecule has 3 heteroatoms. The van der Waals surface area contributed by atoms with Crippen LogP contribution in [0.2, 0.25) is 0 Å². The molecule has 2 aliphatic rings. The second kappa shape index (κ2) is 2.74. The Kier molecular flexibility index (Phi) is 2.01. The summed E-state index contributed by atoms with van der Waals surface area (Å²) in [6.45, 7) is 4.88. The van der Waals surface area contributed by atoms with E-state index in [1.165, 1.54) is 6.42 Å². The molecule has 0 heterocycles. The summed E-state index contributed by atoms with van der Waals surface area (Å²) >= 11 is 3.79. The summed E-state index contributed by atoms with van der Waals surface area (Å²) < 4.78 is 4.93. The third-order valence-electron chi connectivity index (χ3n) is 4.45. The van der Waals surface area contributed by atoms with Gasteiger partial charge in [-0.2, -0.15) is 0 Å². The van der Waals surface area contributed by atoms with Crippen molar-refractivity contribution in [2.75, 3.05) is 6.61 Å². The van der Waals surface area contributed by atoms with Crippen molar-refractivity contribution in [3.63, 3.8) is 0 Å². The van der Waals surface area contributed by atoms with Crippen LogP contribution in [0.5, 0.6) is 0 Å². The Labute approximate surface area is 84.7 Å². The number of thiol groups is 1. The molecule has 2 atom stereocenters. The van der Waals surface area contributed by atoms with Crippen LogP contribution >= 0.6 is 12.9 Å². The first-order valence-electron chi connectivity index (χ1n) is 4.84. The van der Waals surface area contributed by atoms with Gasteiger partial charge in [0.25, 0.3) is 0 Å². The molecule has 0 aromatic carbocycles. The Morgan fingerprint density at radius 3 is 2.69 bits per heavy atom. The first kappa shape index (κ1) is 9.53. The van der Waals surface area contributed by atoms with Crippen molar-refractivity contribution in [3.05, 3.63) is 0 Å². The number of hydrogen-bond acceptors (Lipinski definition) is 3. The zero-order valence-electron chi connectivity index (χ0n) is 8.17. The van der Waals surface area contributed by atoms with Crippen molar-refractivity contribution in [1.82, 2.24) is 0 Å². The highest BCUT2D eigenvalue weighted by atomic mass is 32.1. The van der Waals surface area contributed by atoms with Crippen molar-refractivity contribution in [2.24, 2.45) is 16.7 Å². The largest absolute Gasteiger partial charge is 0.317 e. The van der Waals surface area contributed by atoms with Crippen LogP contribution in [0.1, 0.15) is 33.1 Å². The van der Waals surface area contributed by atoms with Crippen LogP contribution in [0.15, 0.2) is 0 Å². The van der Waals surface area contributed by atoms with E-state index in [1.807, 2.05) is 0 Å². The number of carbonyl (C=O) groups excluding carboxylic acids is 1. The minimum atomic E-state index is -0.223. The average Bonchev–Trinajstić information content (AvgIpc) is 2.38. The van der Waals surface area contributed by atoms with Gasteiger partial charge in [-0.15, -0.1) is 0 Å². The number of hydrogen-bond donors (Lipinski definition) is 1. The quantitative estimate of drug-likeness (QED) is 0.546. The lowest BCUT2D eigenvalue weighted by molar-refractivity contribution is -0.131. The van der Waals surface area contributed by atoms with Gasteiger partial charge >= 0.3 is 0 Å². The van der Waals surface area contributed by atoms with Crippen LogP contribution in [-0.4, -0.2) is 12.4 Å². The van der Waals surface area contributed by atoms with Crippen LogP contribution in [0.4, 0.5) is 0 Å². The molecule has 13 heavy (non-hydrogen) atoms. The SMILES string of the molecule is CC1(C)C2CCC1(COS)C(=O)C2. The molecule has 0 aromatic heterocycles. The Morgan fingerprint density at radius 1 is 1.62 bits per heavy atom. The Hall–Kier alpha value is -0.0200. The summed E-state index contributed by atoms with van der Waals surface area (Å²) in [5.41, 5.74) is -0.105. The fourth-order valence-corrected chi connectivity index (χ4v) is 3.44. The molecule has 0 aromatic rings. The normalized spacial score (nSPS) is 41.5. The Balaban J connectivity index is 2.37. The maximum Gasteiger partial charge on any atom is 0.142 e. The second-order valence-corrected chi connectivity index (χ2v) is 5.20. The minimum absolute atomic E-state index is 0.118. The molecule has 2 aliphatic carbocycles. The molecular weight excluding hydrogens is 184 g/mol. The topological polar surface area (TPSA) is 26.3 Å². The highest BCUT2D eigenvalue weighted by Gasteiger charge is 2.64. The van der Waals surface area contributed by atoms with E-state index in [0.29, 0.717) is 18.3 Å². The third kappa shape index (κ3) is 0.975. The molecule has 2 nitrogen and oxygen atoms in total. The van der Waals surface area contributed by atoms with Crippen LogP contribution in [-0.2, 0) is 8.98 Å². The number of carbonyl (C=O) groups is 1. The Morgan fingerprint density at radius 2 is 2.31 bits per heavy atom. The van der Waals surface area contributed by atoms with Gasteiger partial charge < -0.3 is 4.18 Å². The maximum absolute atomic E-state index is 11.8. The van der Waals surface area contributed by atoms with Crippen molar-refractivity contribution >= 4 is 18.7 Å². The standard InChI is InChI=1S/C10H16O2S/c1-9(2)7-3-4-10(9,6-12-13)8(11)5-7/h7,13H,3-6H2,1-2H3. The molecule has 2 rings (SSSR count). The van der Waals surface area contributed by atoms with E-state index < -0.39 is 0 Å². The van der Waals surface area contributed by atoms with Crippen LogP contribution in [0, 0.1) is 16.7 Å². The monoisotopic (exact) mass is 200 g/mol. The molecule has 2 saturated carbocycles. The lowest BCUT2D eigenvalue weighted by Gasteiger charge is -2.35. The molecule has 0 aliphatic heterocycles. The first-order chi connectivity index (χ1) is 6.04. The smallest absolute Gasteiger partial charge is 0.142 e. The molecular formula is C10H16O2S.